The summed E-state index contributed by atoms with van der Waals surface area (Å²) in [6.07, 6.45) is 3.77. The first-order valence-corrected chi connectivity index (χ1v) is 10.8. The minimum atomic E-state index is -0.532. The van der Waals surface area contributed by atoms with Gasteiger partial charge in [-0.15, -0.1) is 11.3 Å². The molecule has 2 bridgehead atoms. The van der Waals surface area contributed by atoms with Crippen molar-refractivity contribution >= 4 is 34.2 Å². The molecule has 7 heteroatoms. The number of amides is 1. The van der Waals surface area contributed by atoms with E-state index in [1.807, 2.05) is 0 Å². The van der Waals surface area contributed by atoms with Gasteiger partial charge in [0.05, 0.1) is 17.8 Å². The Bertz CT molecular complexity index is 782. The Labute approximate surface area is 170 Å². The van der Waals surface area contributed by atoms with E-state index < -0.39 is 11.9 Å². The van der Waals surface area contributed by atoms with Gasteiger partial charge in [0.2, 0.25) is 5.91 Å². The van der Waals surface area contributed by atoms with Crippen molar-refractivity contribution < 1.29 is 23.9 Å². The highest BCUT2D eigenvalue weighted by Crippen LogP contribution is 2.49. The molecule has 0 aromatic carbocycles. The number of ether oxygens (including phenoxy) is 2. The number of hydrogen-bond acceptors (Lipinski definition) is 6. The number of hydrogen-bond donors (Lipinski definition) is 1. The molecule has 28 heavy (non-hydrogen) atoms. The van der Waals surface area contributed by atoms with Crippen molar-refractivity contribution in [3.8, 4) is 0 Å². The summed E-state index contributed by atoms with van der Waals surface area (Å²) in [4.78, 5) is 38.3. The first-order chi connectivity index (χ1) is 13.2. The molecule has 1 aromatic heterocycles. The summed E-state index contributed by atoms with van der Waals surface area (Å²) in [6, 6.07) is 0. The number of carbonyl (C=O) groups is 3. The average molecular weight is 408 g/mol. The lowest BCUT2D eigenvalue weighted by Gasteiger charge is -2.20. The third kappa shape index (κ3) is 4.24. The second kappa shape index (κ2) is 8.23. The molecule has 0 saturated heterocycles. The molecule has 2 fully saturated rings. The van der Waals surface area contributed by atoms with E-state index in [2.05, 4.69) is 5.32 Å². The quantitative estimate of drug-likeness (QED) is 0.699. The first kappa shape index (κ1) is 20.8. The number of esters is 2. The van der Waals surface area contributed by atoms with Gasteiger partial charge in [-0.05, 0) is 71.3 Å². The fourth-order valence-electron chi connectivity index (χ4n) is 4.35. The van der Waals surface area contributed by atoms with E-state index in [1.165, 1.54) is 6.42 Å². The zero-order chi connectivity index (χ0) is 20.6. The van der Waals surface area contributed by atoms with Crippen LogP contribution in [0.15, 0.2) is 0 Å². The molecule has 2 aliphatic rings. The van der Waals surface area contributed by atoms with E-state index in [9.17, 15) is 14.4 Å². The number of rotatable bonds is 6. The fourth-order valence-corrected chi connectivity index (χ4v) is 5.43. The van der Waals surface area contributed by atoms with Crippen LogP contribution in [0.4, 0.5) is 5.00 Å². The SMILES string of the molecule is Cc1c(C(=O)OC(C)C)sc(NC(=O)[C@H]2C[C@@H]3CC[C@@H]2C3)c1C(=O)OC(C)C. The Balaban J connectivity index is 1.88. The maximum absolute atomic E-state index is 12.9. The first-order valence-electron chi connectivity index (χ1n) is 10.0. The van der Waals surface area contributed by atoms with Crippen LogP contribution in [0.5, 0.6) is 0 Å². The van der Waals surface area contributed by atoms with E-state index >= 15 is 0 Å². The highest BCUT2D eigenvalue weighted by Gasteiger charge is 2.43. The smallest absolute Gasteiger partial charge is 0.348 e. The molecule has 154 valence electrons. The van der Waals surface area contributed by atoms with Gasteiger partial charge in [0.15, 0.2) is 0 Å². The van der Waals surface area contributed by atoms with Gasteiger partial charge in [-0.3, -0.25) is 4.79 Å². The second-order valence-corrected chi connectivity index (χ2v) is 9.46. The molecule has 3 atom stereocenters. The van der Waals surface area contributed by atoms with Gasteiger partial charge in [0, 0.05) is 5.92 Å². The third-order valence-corrected chi connectivity index (χ3v) is 6.72. The minimum absolute atomic E-state index is 0.0128. The van der Waals surface area contributed by atoms with Crippen LogP contribution in [0.25, 0.3) is 0 Å². The molecular weight excluding hydrogens is 378 g/mol. The fraction of sp³-hybridized carbons (Fsp3) is 0.667. The average Bonchev–Trinajstić information content (AvgIpc) is 3.27. The lowest BCUT2D eigenvalue weighted by molar-refractivity contribution is -0.121. The molecule has 0 spiro atoms. The molecule has 3 rings (SSSR count). The maximum atomic E-state index is 12.9. The minimum Gasteiger partial charge on any atom is -0.459 e. The lowest BCUT2D eigenvalue weighted by atomic mass is 9.88. The van der Waals surface area contributed by atoms with Crippen molar-refractivity contribution in [3.63, 3.8) is 0 Å². The molecule has 1 aromatic rings. The summed E-state index contributed by atoms with van der Waals surface area (Å²) in [5.41, 5.74) is 0.746. The Morgan fingerprint density at radius 2 is 1.64 bits per heavy atom. The normalized spacial score (nSPS) is 23.3. The molecule has 0 aliphatic heterocycles. The Kier molecular flexibility index (Phi) is 6.12. The van der Waals surface area contributed by atoms with Crippen LogP contribution >= 0.6 is 11.3 Å². The lowest BCUT2D eigenvalue weighted by Crippen LogP contribution is -2.27. The maximum Gasteiger partial charge on any atom is 0.348 e. The van der Waals surface area contributed by atoms with Crippen LogP contribution in [0.3, 0.4) is 0 Å². The van der Waals surface area contributed by atoms with Crippen molar-refractivity contribution in [2.45, 2.75) is 72.5 Å². The molecule has 6 nitrogen and oxygen atoms in total. The predicted octanol–water partition coefficient (Wildman–Crippen LogP) is 4.56. The summed E-state index contributed by atoms with van der Waals surface area (Å²) in [5.74, 6) is -0.0144. The van der Waals surface area contributed by atoms with Crippen LogP contribution in [0.2, 0.25) is 0 Å². The summed E-state index contributed by atoms with van der Waals surface area (Å²) in [5, 5.41) is 3.31. The number of thiophene rings is 1. The van der Waals surface area contributed by atoms with Crippen LogP contribution in [0, 0.1) is 24.7 Å². The Morgan fingerprint density at radius 3 is 2.18 bits per heavy atom. The van der Waals surface area contributed by atoms with Crippen molar-refractivity contribution in [1.82, 2.24) is 0 Å². The van der Waals surface area contributed by atoms with Crippen molar-refractivity contribution in [3.05, 3.63) is 16.0 Å². The van der Waals surface area contributed by atoms with Gasteiger partial charge in [0.25, 0.3) is 0 Å². The number of fused-ring (bicyclic) bond motifs is 2. The highest BCUT2D eigenvalue weighted by molar-refractivity contribution is 7.18. The summed E-state index contributed by atoms with van der Waals surface area (Å²) in [6.45, 7) is 8.76. The van der Waals surface area contributed by atoms with E-state index in [4.69, 9.17) is 9.47 Å². The number of nitrogens with one attached hydrogen (secondary N) is 1. The molecule has 2 saturated carbocycles. The van der Waals surface area contributed by atoms with E-state index in [-0.39, 0.29) is 29.6 Å². The largest absolute Gasteiger partial charge is 0.459 e. The summed E-state index contributed by atoms with van der Waals surface area (Å²) in [7, 11) is 0. The van der Waals surface area contributed by atoms with Crippen LogP contribution < -0.4 is 5.32 Å². The van der Waals surface area contributed by atoms with Gasteiger partial charge >= 0.3 is 11.9 Å². The van der Waals surface area contributed by atoms with Crippen LogP contribution in [-0.2, 0) is 14.3 Å². The second-order valence-electron chi connectivity index (χ2n) is 8.44. The van der Waals surface area contributed by atoms with Gasteiger partial charge in [-0.25, -0.2) is 9.59 Å². The number of carbonyl (C=O) groups excluding carboxylic acids is 3. The van der Waals surface area contributed by atoms with Gasteiger partial charge < -0.3 is 14.8 Å². The Morgan fingerprint density at radius 1 is 1.00 bits per heavy atom. The van der Waals surface area contributed by atoms with E-state index in [0.29, 0.717) is 27.3 Å². The molecular formula is C21H29NO5S. The third-order valence-electron chi connectivity index (χ3n) is 5.53. The topological polar surface area (TPSA) is 81.7 Å². The molecule has 0 radical (unpaired) electrons. The van der Waals surface area contributed by atoms with Crippen LogP contribution in [0.1, 0.15) is 79.0 Å². The molecule has 2 aliphatic carbocycles. The number of anilines is 1. The molecule has 1 heterocycles. The highest BCUT2D eigenvalue weighted by atomic mass is 32.1. The van der Waals surface area contributed by atoms with Crippen molar-refractivity contribution in [2.75, 3.05) is 5.32 Å². The monoisotopic (exact) mass is 407 g/mol. The Hall–Kier alpha value is -1.89. The van der Waals surface area contributed by atoms with Crippen molar-refractivity contribution in [1.29, 1.82) is 0 Å². The van der Waals surface area contributed by atoms with Gasteiger partial charge in [-0.1, -0.05) is 6.42 Å². The molecule has 0 unspecified atom stereocenters. The van der Waals surface area contributed by atoms with Crippen LogP contribution in [-0.4, -0.2) is 30.1 Å². The zero-order valence-corrected chi connectivity index (χ0v) is 18.0. The zero-order valence-electron chi connectivity index (χ0n) is 17.2. The summed E-state index contributed by atoms with van der Waals surface area (Å²) >= 11 is 1.09. The van der Waals surface area contributed by atoms with Crippen molar-refractivity contribution in [2.24, 2.45) is 17.8 Å². The summed E-state index contributed by atoms with van der Waals surface area (Å²) < 4.78 is 10.7. The van der Waals surface area contributed by atoms with E-state index in [0.717, 1.165) is 30.6 Å². The van der Waals surface area contributed by atoms with Gasteiger partial charge in [-0.2, -0.15) is 0 Å². The molecule has 1 N–H and O–H groups in total. The predicted molar refractivity (Wildman–Crippen MR) is 108 cm³/mol. The van der Waals surface area contributed by atoms with Gasteiger partial charge in [0.1, 0.15) is 9.88 Å². The standard InChI is InChI=1S/C21H29NO5S/c1-10(2)26-20(24)16-12(5)17(21(25)27-11(3)4)28-19(16)22-18(23)15-9-13-6-7-14(15)8-13/h10-11,13-15H,6-9H2,1-5H3,(H,22,23)/t13-,14-,15+/m1/s1. The molecule has 1 amide bonds. The van der Waals surface area contributed by atoms with E-state index in [1.54, 1.807) is 34.6 Å².